The zero-order chi connectivity index (χ0) is 16.8. The van der Waals surface area contributed by atoms with E-state index in [1.807, 2.05) is 23.1 Å². The Morgan fingerprint density at radius 3 is 2.88 bits per heavy atom. The third-order valence-corrected chi connectivity index (χ3v) is 3.95. The minimum Gasteiger partial charge on any atom is -0.382 e. The molecule has 3 rings (SSSR count). The second kappa shape index (κ2) is 7.83. The van der Waals surface area contributed by atoms with Gasteiger partial charge in [-0.15, -0.1) is 0 Å². The van der Waals surface area contributed by atoms with Gasteiger partial charge in [-0.05, 0) is 25.0 Å². The molecule has 1 aliphatic heterocycles. The fraction of sp³-hybridized carbons (Fsp3) is 0.412. The zero-order valence-electron chi connectivity index (χ0n) is 13.7. The molecule has 0 spiro atoms. The number of hydrogen-bond donors (Lipinski definition) is 1. The number of ether oxygens (including phenoxy) is 1. The SMILES string of the molecule is COCC(Nc1cncc(C(=O)N2CCCC2)n1)c1ccccn1. The van der Waals surface area contributed by atoms with Crippen LogP contribution in [0, 0.1) is 0 Å². The lowest BCUT2D eigenvalue weighted by Crippen LogP contribution is -2.29. The van der Waals surface area contributed by atoms with Gasteiger partial charge in [0.2, 0.25) is 0 Å². The van der Waals surface area contributed by atoms with Crippen LogP contribution in [0.3, 0.4) is 0 Å². The number of aromatic nitrogens is 3. The molecule has 1 saturated heterocycles. The van der Waals surface area contributed by atoms with Crippen molar-refractivity contribution in [1.82, 2.24) is 19.9 Å². The Morgan fingerprint density at radius 1 is 1.33 bits per heavy atom. The van der Waals surface area contributed by atoms with Gasteiger partial charge in [0.15, 0.2) is 0 Å². The number of carbonyl (C=O) groups excluding carboxylic acids is 1. The Hall–Kier alpha value is -2.54. The molecule has 0 saturated carbocycles. The van der Waals surface area contributed by atoms with E-state index in [1.165, 1.54) is 6.20 Å². The van der Waals surface area contributed by atoms with Crippen LogP contribution >= 0.6 is 0 Å². The number of anilines is 1. The molecule has 7 heteroatoms. The average Bonchev–Trinajstić information content (AvgIpc) is 3.16. The highest BCUT2D eigenvalue weighted by Gasteiger charge is 2.21. The summed E-state index contributed by atoms with van der Waals surface area (Å²) in [5.41, 5.74) is 1.21. The first-order valence-electron chi connectivity index (χ1n) is 8.05. The van der Waals surface area contributed by atoms with E-state index >= 15 is 0 Å². The van der Waals surface area contributed by atoms with Crippen molar-refractivity contribution in [2.45, 2.75) is 18.9 Å². The molecule has 7 nitrogen and oxygen atoms in total. The van der Waals surface area contributed by atoms with E-state index in [0.717, 1.165) is 31.6 Å². The Bertz CT molecular complexity index is 674. The van der Waals surface area contributed by atoms with Crippen molar-refractivity contribution >= 4 is 11.7 Å². The fourth-order valence-electron chi connectivity index (χ4n) is 2.75. The lowest BCUT2D eigenvalue weighted by molar-refractivity contribution is 0.0786. The number of carbonyl (C=O) groups is 1. The number of hydrogen-bond acceptors (Lipinski definition) is 6. The van der Waals surface area contributed by atoms with Gasteiger partial charge in [0.25, 0.3) is 5.91 Å². The molecule has 24 heavy (non-hydrogen) atoms. The molecular formula is C17H21N5O2. The summed E-state index contributed by atoms with van der Waals surface area (Å²) in [6.07, 6.45) is 6.95. The molecule has 1 atom stereocenters. The van der Waals surface area contributed by atoms with Gasteiger partial charge in [0.1, 0.15) is 11.5 Å². The molecule has 3 heterocycles. The summed E-state index contributed by atoms with van der Waals surface area (Å²) in [7, 11) is 1.64. The molecule has 126 valence electrons. The van der Waals surface area contributed by atoms with Gasteiger partial charge < -0.3 is 15.0 Å². The molecule has 2 aromatic heterocycles. The molecule has 1 fully saturated rings. The van der Waals surface area contributed by atoms with Crippen LogP contribution in [0.15, 0.2) is 36.8 Å². The van der Waals surface area contributed by atoms with Crippen LogP contribution in [0.4, 0.5) is 5.82 Å². The summed E-state index contributed by atoms with van der Waals surface area (Å²) < 4.78 is 5.26. The minimum atomic E-state index is -0.164. The summed E-state index contributed by atoms with van der Waals surface area (Å²) in [4.78, 5) is 27.2. The molecule has 0 bridgehead atoms. The number of likely N-dealkylation sites (tertiary alicyclic amines) is 1. The second-order valence-electron chi connectivity index (χ2n) is 5.70. The van der Waals surface area contributed by atoms with Gasteiger partial charge in [0.05, 0.1) is 30.7 Å². The maximum Gasteiger partial charge on any atom is 0.274 e. The number of methoxy groups -OCH3 is 1. The van der Waals surface area contributed by atoms with Gasteiger partial charge in [-0.2, -0.15) is 0 Å². The molecule has 1 aliphatic rings. The second-order valence-corrected chi connectivity index (χ2v) is 5.70. The van der Waals surface area contributed by atoms with Crippen molar-refractivity contribution in [3.63, 3.8) is 0 Å². The number of nitrogens with zero attached hydrogens (tertiary/aromatic N) is 4. The van der Waals surface area contributed by atoms with E-state index in [1.54, 1.807) is 19.5 Å². The van der Waals surface area contributed by atoms with Crippen molar-refractivity contribution in [2.24, 2.45) is 0 Å². The Balaban J connectivity index is 1.76. The molecule has 0 aliphatic carbocycles. The maximum absolute atomic E-state index is 12.4. The van der Waals surface area contributed by atoms with Gasteiger partial charge in [0, 0.05) is 26.4 Å². The highest BCUT2D eigenvalue weighted by molar-refractivity contribution is 5.92. The zero-order valence-corrected chi connectivity index (χ0v) is 13.7. The molecule has 1 amide bonds. The van der Waals surface area contributed by atoms with E-state index in [2.05, 4.69) is 20.3 Å². The largest absolute Gasteiger partial charge is 0.382 e. The lowest BCUT2D eigenvalue weighted by atomic mass is 10.2. The summed E-state index contributed by atoms with van der Waals surface area (Å²) in [5.74, 6) is 0.470. The van der Waals surface area contributed by atoms with Crippen molar-refractivity contribution in [3.8, 4) is 0 Å². The third kappa shape index (κ3) is 3.86. The Morgan fingerprint density at radius 2 is 2.17 bits per heavy atom. The number of pyridine rings is 1. The van der Waals surface area contributed by atoms with Crippen LogP contribution in [0.2, 0.25) is 0 Å². The molecular weight excluding hydrogens is 306 g/mol. The Labute approximate surface area is 141 Å². The average molecular weight is 327 g/mol. The molecule has 2 aromatic rings. The fourth-order valence-corrected chi connectivity index (χ4v) is 2.75. The van der Waals surface area contributed by atoms with Gasteiger partial charge in [-0.25, -0.2) is 4.98 Å². The highest BCUT2D eigenvalue weighted by atomic mass is 16.5. The van der Waals surface area contributed by atoms with Crippen molar-refractivity contribution in [2.75, 3.05) is 32.1 Å². The smallest absolute Gasteiger partial charge is 0.274 e. The molecule has 1 unspecified atom stereocenters. The van der Waals surface area contributed by atoms with Crippen LogP contribution in [0.25, 0.3) is 0 Å². The van der Waals surface area contributed by atoms with Crippen molar-refractivity contribution < 1.29 is 9.53 Å². The first kappa shape index (κ1) is 16.3. The third-order valence-electron chi connectivity index (χ3n) is 3.95. The van der Waals surface area contributed by atoms with E-state index in [4.69, 9.17) is 4.74 Å². The van der Waals surface area contributed by atoms with Crippen molar-refractivity contribution in [1.29, 1.82) is 0 Å². The van der Waals surface area contributed by atoms with E-state index in [0.29, 0.717) is 18.1 Å². The minimum absolute atomic E-state index is 0.0650. The first-order valence-corrected chi connectivity index (χ1v) is 8.05. The monoisotopic (exact) mass is 327 g/mol. The molecule has 0 aromatic carbocycles. The summed E-state index contributed by atoms with van der Waals surface area (Å²) >= 11 is 0. The summed E-state index contributed by atoms with van der Waals surface area (Å²) in [6, 6.07) is 5.54. The van der Waals surface area contributed by atoms with Crippen LogP contribution in [0.5, 0.6) is 0 Å². The highest BCUT2D eigenvalue weighted by Crippen LogP contribution is 2.17. The van der Waals surface area contributed by atoms with Gasteiger partial charge >= 0.3 is 0 Å². The lowest BCUT2D eigenvalue weighted by Gasteiger charge is -2.19. The first-order chi connectivity index (χ1) is 11.8. The maximum atomic E-state index is 12.4. The predicted molar refractivity (Wildman–Crippen MR) is 89.6 cm³/mol. The van der Waals surface area contributed by atoms with Crippen LogP contribution in [-0.4, -0.2) is 52.6 Å². The number of amides is 1. The van der Waals surface area contributed by atoms with E-state index < -0.39 is 0 Å². The van der Waals surface area contributed by atoms with E-state index in [-0.39, 0.29) is 11.9 Å². The van der Waals surface area contributed by atoms with Gasteiger partial charge in [-0.3, -0.25) is 14.8 Å². The van der Waals surface area contributed by atoms with Crippen LogP contribution in [0.1, 0.15) is 35.1 Å². The standard InChI is InChI=1S/C17H21N5O2/c1-24-12-15(13-6-2-3-7-19-13)21-16-11-18-10-14(20-16)17(23)22-8-4-5-9-22/h2-3,6-7,10-11,15H,4-5,8-9,12H2,1H3,(H,20,21). The molecule has 0 radical (unpaired) electrons. The van der Waals surface area contributed by atoms with E-state index in [9.17, 15) is 4.79 Å². The van der Waals surface area contributed by atoms with Crippen molar-refractivity contribution in [3.05, 3.63) is 48.2 Å². The summed E-state index contributed by atoms with van der Waals surface area (Å²) in [5, 5.41) is 3.25. The molecule has 1 N–H and O–H groups in total. The quantitative estimate of drug-likeness (QED) is 0.873. The predicted octanol–water partition coefficient (Wildman–Crippen LogP) is 1.91. The Kier molecular flexibility index (Phi) is 5.32. The van der Waals surface area contributed by atoms with Crippen LogP contribution < -0.4 is 5.32 Å². The van der Waals surface area contributed by atoms with Gasteiger partial charge in [-0.1, -0.05) is 6.07 Å². The number of nitrogens with one attached hydrogen (secondary N) is 1. The topological polar surface area (TPSA) is 80.2 Å². The van der Waals surface area contributed by atoms with Crippen LogP contribution in [-0.2, 0) is 4.74 Å². The normalized spacial score (nSPS) is 15.3. The number of rotatable bonds is 6. The summed E-state index contributed by atoms with van der Waals surface area (Å²) in [6.45, 7) is 2.01.